The summed E-state index contributed by atoms with van der Waals surface area (Å²) in [4.78, 5) is 16.1. The standard InChI is InChI=1S/C20H22N4OS/c1-14-11-21-12-19(22-14)24-9-7-15(8-10-24)20-23-17(13-26-20)16-5-3-4-6-18(16)25-2/h3-6,11-13,15H,7-10H2,1-2H3. The zero-order valence-corrected chi connectivity index (χ0v) is 15.9. The first-order valence-electron chi connectivity index (χ1n) is 8.87. The monoisotopic (exact) mass is 366 g/mol. The van der Waals surface area contributed by atoms with E-state index in [0.29, 0.717) is 5.92 Å². The summed E-state index contributed by atoms with van der Waals surface area (Å²) in [6.45, 7) is 3.97. The van der Waals surface area contributed by atoms with Gasteiger partial charge in [-0.05, 0) is 31.9 Å². The van der Waals surface area contributed by atoms with Crippen LogP contribution in [-0.4, -0.2) is 35.2 Å². The molecule has 0 spiro atoms. The van der Waals surface area contributed by atoms with Crippen molar-refractivity contribution in [2.75, 3.05) is 25.1 Å². The van der Waals surface area contributed by atoms with Crippen LogP contribution in [0.5, 0.6) is 5.75 Å². The van der Waals surface area contributed by atoms with Gasteiger partial charge in [0.25, 0.3) is 0 Å². The van der Waals surface area contributed by atoms with Crippen LogP contribution < -0.4 is 9.64 Å². The summed E-state index contributed by atoms with van der Waals surface area (Å²) in [5.41, 5.74) is 3.03. The lowest BCUT2D eigenvalue weighted by Gasteiger charge is -2.31. The van der Waals surface area contributed by atoms with E-state index in [1.807, 2.05) is 31.3 Å². The maximum atomic E-state index is 5.47. The van der Waals surface area contributed by atoms with Crippen molar-refractivity contribution in [1.29, 1.82) is 0 Å². The fourth-order valence-electron chi connectivity index (χ4n) is 3.41. The molecule has 0 amide bonds. The molecule has 5 nitrogen and oxygen atoms in total. The summed E-state index contributed by atoms with van der Waals surface area (Å²) in [6.07, 6.45) is 5.84. The third-order valence-electron chi connectivity index (χ3n) is 4.82. The Kier molecular flexibility index (Phi) is 4.84. The second kappa shape index (κ2) is 7.41. The number of nitrogens with zero attached hydrogens (tertiary/aromatic N) is 4. The van der Waals surface area contributed by atoms with Gasteiger partial charge in [-0.2, -0.15) is 0 Å². The number of hydrogen-bond acceptors (Lipinski definition) is 6. The molecule has 3 aromatic rings. The molecule has 0 bridgehead atoms. The number of anilines is 1. The van der Waals surface area contributed by atoms with E-state index < -0.39 is 0 Å². The molecule has 0 N–H and O–H groups in total. The topological polar surface area (TPSA) is 51.1 Å². The highest BCUT2D eigenvalue weighted by Crippen LogP contribution is 2.36. The van der Waals surface area contributed by atoms with Crippen LogP contribution in [0.3, 0.4) is 0 Å². The first-order chi connectivity index (χ1) is 12.7. The van der Waals surface area contributed by atoms with Gasteiger partial charge in [0, 0.05) is 36.1 Å². The van der Waals surface area contributed by atoms with Crippen LogP contribution in [0, 0.1) is 6.92 Å². The number of piperidine rings is 1. The normalized spacial score (nSPS) is 15.2. The van der Waals surface area contributed by atoms with Crippen molar-refractivity contribution < 1.29 is 4.74 Å². The minimum Gasteiger partial charge on any atom is -0.496 e. The number of rotatable bonds is 4. The number of para-hydroxylation sites is 1. The van der Waals surface area contributed by atoms with Gasteiger partial charge in [-0.3, -0.25) is 4.98 Å². The van der Waals surface area contributed by atoms with Crippen molar-refractivity contribution in [3.63, 3.8) is 0 Å². The van der Waals surface area contributed by atoms with E-state index in [2.05, 4.69) is 26.3 Å². The molecule has 4 rings (SSSR count). The molecular weight excluding hydrogens is 344 g/mol. The maximum absolute atomic E-state index is 5.47. The largest absolute Gasteiger partial charge is 0.496 e. The number of benzene rings is 1. The van der Waals surface area contributed by atoms with Gasteiger partial charge in [-0.15, -0.1) is 11.3 Å². The molecule has 2 aromatic heterocycles. The summed E-state index contributed by atoms with van der Waals surface area (Å²) in [5.74, 6) is 2.37. The van der Waals surface area contributed by atoms with Gasteiger partial charge in [-0.1, -0.05) is 12.1 Å². The zero-order chi connectivity index (χ0) is 17.9. The van der Waals surface area contributed by atoms with E-state index >= 15 is 0 Å². The third-order valence-corrected chi connectivity index (χ3v) is 5.82. The first-order valence-corrected chi connectivity index (χ1v) is 9.75. The Morgan fingerprint density at radius 2 is 1.92 bits per heavy atom. The molecule has 0 atom stereocenters. The summed E-state index contributed by atoms with van der Waals surface area (Å²) in [6, 6.07) is 8.06. The average Bonchev–Trinajstić information content (AvgIpc) is 3.18. The molecule has 1 aliphatic rings. The van der Waals surface area contributed by atoms with Crippen molar-refractivity contribution in [3.8, 4) is 17.0 Å². The molecule has 134 valence electrons. The number of methoxy groups -OCH3 is 1. The van der Waals surface area contributed by atoms with Crippen LogP contribution in [0.2, 0.25) is 0 Å². The van der Waals surface area contributed by atoms with Crippen molar-refractivity contribution in [1.82, 2.24) is 15.0 Å². The van der Waals surface area contributed by atoms with E-state index in [-0.39, 0.29) is 0 Å². The quantitative estimate of drug-likeness (QED) is 0.689. The van der Waals surface area contributed by atoms with Crippen molar-refractivity contribution in [2.45, 2.75) is 25.7 Å². The summed E-state index contributed by atoms with van der Waals surface area (Å²) < 4.78 is 5.47. The lowest BCUT2D eigenvalue weighted by Crippen LogP contribution is -2.33. The molecule has 0 radical (unpaired) electrons. The molecule has 0 saturated carbocycles. The molecule has 1 aliphatic heterocycles. The Labute approximate surface area is 157 Å². The molecule has 3 heterocycles. The number of thiazole rings is 1. The Morgan fingerprint density at radius 3 is 2.69 bits per heavy atom. The average molecular weight is 366 g/mol. The Bertz CT molecular complexity index is 887. The van der Waals surface area contributed by atoms with E-state index in [4.69, 9.17) is 9.72 Å². The first kappa shape index (κ1) is 17.0. The van der Waals surface area contributed by atoms with E-state index in [9.17, 15) is 0 Å². The molecule has 0 aliphatic carbocycles. The third kappa shape index (κ3) is 3.42. The van der Waals surface area contributed by atoms with Crippen LogP contribution in [0.1, 0.15) is 29.5 Å². The summed E-state index contributed by atoms with van der Waals surface area (Å²) in [7, 11) is 1.70. The number of aromatic nitrogens is 3. The van der Waals surface area contributed by atoms with Crippen LogP contribution in [0.15, 0.2) is 42.0 Å². The molecule has 0 unspecified atom stereocenters. The SMILES string of the molecule is COc1ccccc1-c1csc(C2CCN(c3cncc(C)n3)CC2)n1. The van der Waals surface area contributed by atoms with Crippen LogP contribution in [0.4, 0.5) is 5.82 Å². The van der Waals surface area contributed by atoms with Gasteiger partial charge in [-0.25, -0.2) is 9.97 Å². The molecule has 1 aromatic carbocycles. The van der Waals surface area contributed by atoms with Crippen molar-refractivity contribution in [3.05, 3.63) is 52.7 Å². The van der Waals surface area contributed by atoms with E-state index in [1.54, 1.807) is 24.6 Å². The highest BCUT2D eigenvalue weighted by Gasteiger charge is 2.24. The van der Waals surface area contributed by atoms with Gasteiger partial charge in [0.05, 0.1) is 29.7 Å². The Morgan fingerprint density at radius 1 is 1.12 bits per heavy atom. The molecular formula is C20H22N4OS. The van der Waals surface area contributed by atoms with Gasteiger partial charge in [0.1, 0.15) is 11.6 Å². The minimum absolute atomic E-state index is 0.512. The number of ether oxygens (including phenoxy) is 1. The minimum atomic E-state index is 0.512. The molecule has 26 heavy (non-hydrogen) atoms. The van der Waals surface area contributed by atoms with Crippen LogP contribution >= 0.6 is 11.3 Å². The predicted molar refractivity (Wildman–Crippen MR) is 105 cm³/mol. The van der Waals surface area contributed by atoms with Crippen LogP contribution in [0.25, 0.3) is 11.3 Å². The molecule has 6 heteroatoms. The maximum Gasteiger partial charge on any atom is 0.147 e. The fraction of sp³-hybridized carbons (Fsp3) is 0.350. The zero-order valence-electron chi connectivity index (χ0n) is 15.1. The summed E-state index contributed by atoms with van der Waals surface area (Å²) >= 11 is 1.76. The summed E-state index contributed by atoms with van der Waals surface area (Å²) in [5, 5.41) is 3.37. The second-order valence-corrected chi connectivity index (χ2v) is 7.44. The van der Waals surface area contributed by atoms with Crippen molar-refractivity contribution in [2.24, 2.45) is 0 Å². The van der Waals surface area contributed by atoms with Gasteiger partial charge in [0.15, 0.2) is 0 Å². The highest BCUT2D eigenvalue weighted by atomic mass is 32.1. The second-order valence-electron chi connectivity index (χ2n) is 6.55. The Hall–Kier alpha value is -2.47. The van der Waals surface area contributed by atoms with Gasteiger partial charge < -0.3 is 9.64 Å². The van der Waals surface area contributed by atoms with E-state index in [0.717, 1.165) is 54.4 Å². The van der Waals surface area contributed by atoms with Crippen LogP contribution in [-0.2, 0) is 0 Å². The lowest BCUT2D eigenvalue weighted by atomic mass is 9.97. The van der Waals surface area contributed by atoms with Gasteiger partial charge >= 0.3 is 0 Å². The molecule has 1 saturated heterocycles. The predicted octanol–water partition coefficient (Wildman–Crippen LogP) is 4.30. The molecule has 1 fully saturated rings. The number of aryl methyl sites for hydroxylation is 1. The number of hydrogen-bond donors (Lipinski definition) is 0. The lowest BCUT2D eigenvalue weighted by molar-refractivity contribution is 0.416. The van der Waals surface area contributed by atoms with Gasteiger partial charge in [0.2, 0.25) is 0 Å². The smallest absolute Gasteiger partial charge is 0.147 e. The fourth-order valence-corrected chi connectivity index (χ4v) is 4.40. The Balaban J connectivity index is 1.46. The highest BCUT2D eigenvalue weighted by molar-refractivity contribution is 7.10. The van der Waals surface area contributed by atoms with Crippen molar-refractivity contribution >= 4 is 17.2 Å². The van der Waals surface area contributed by atoms with E-state index in [1.165, 1.54) is 5.01 Å².